The topological polar surface area (TPSA) is 70.2 Å². The van der Waals surface area contributed by atoms with Crippen LogP contribution in [0.3, 0.4) is 0 Å². The van der Waals surface area contributed by atoms with Crippen molar-refractivity contribution in [2.45, 2.75) is 25.7 Å². The van der Waals surface area contributed by atoms with Gasteiger partial charge in [-0.3, -0.25) is 10.2 Å². The Hall–Kier alpha value is -0.710. The van der Waals surface area contributed by atoms with Crippen molar-refractivity contribution in [3.8, 4) is 0 Å². The number of carbonyl (C=O) groups excluding carboxylic acids is 1. The lowest BCUT2D eigenvalue weighted by Crippen LogP contribution is -2.33. The molecule has 1 fully saturated rings. The van der Waals surface area contributed by atoms with Crippen molar-refractivity contribution < 1.29 is 4.79 Å². The van der Waals surface area contributed by atoms with Crippen molar-refractivity contribution in [1.29, 1.82) is 5.41 Å². The Balaban J connectivity index is 2.30. The first-order valence-corrected chi connectivity index (χ1v) is 5.93. The average molecular weight is 215 g/mol. The van der Waals surface area contributed by atoms with Crippen LogP contribution in [0.15, 0.2) is 0 Å². The Morgan fingerprint density at radius 1 is 1.29 bits per heavy atom. The molecule has 0 atom stereocenters. The highest BCUT2D eigenvalue weighted by molar-refractivity contribution is 8.14. The Morgan fingerprint density at radius 2 is 1.86 bits per heavy atom. The Kier molecular flexibility index (Phi) is 4.79. The molecule has 4 nitrogen and oxygen atoms in total. The highest BCUT2D eigenvalue weighted by Crippen LogP contribution is 2.11. The minimum atomic E-state index is 0.0215. The molecule has 3 N–H and O–H groups in total. The smallest absolute Gasteiger partial charge is 0.233 e. The largest absolute Gasteiger partial charge is 0.379 e. The fraction of sp³-hybridized carbons (Fsp3) is 0.778. The summed E-state index contributed by atoms with van der Waals surface area (Å²) < 4.78 is 0. The van der Waals surface area contributed by atoms with E-state index in [0.29, 0.717) is 5.75 Å². The zero-order valence-corrected chi connectivity index (χ0v) is 9.11. The predicted molar refractivity (Wildman–Crippen MR) is 59.4 cm³/mol. The lowest BCUT2D eigenvalue weighted by atomic mass is 10.2. The molecular formula is C9H17N3OS. The van der Waals surface area contributed by atoms with Crippen molar-refractivity contribution in [3.05, 3.63) is 0 Å². The molecule has 0 aromatic heterocycles. The Labute approximate surface area is 88.7 Å². The quantitative estimate of drug-likeness (QED) is 0.533. The molecule has 0 aliphatic carbocycles. The maximum absolute atomic E-state index is 11.6. The summed E-state index contributed by atoms with van der Waals surface area (Å²) in [5.41, 5.74) is 5.18. The van der Waals surface area contributed by atoms with Crippen LogP contribution in [0.2, 0.25) is 0 Å². The van der Waals surface area contributed by atoms with Gasteiger partial charge in [0.2, 0.25) is 5.91 Å². The van der Waals surface area contributed by atoms with E-state index in [1.165, 1.54) is 12.8 Å². The van der Waals surface area contributed by atoms with Gasteiger partial charge in [-0.2, -0.15) is 0 Å². The number of carbonyl (C=O) groups is 1. The first kappa shape index (κ1) is 11.4. The number of likely N-dealkylation sites (tertiary alicyclic amines) is 1. The van der Waals surface area contributed by atoms with Gasteiger partial charge in [-0.1, -0.05) is 24.6 Å². The summed E-state index contributed by atoms with van der Waals surface area (Å²) in [5, 5.41) is 7.04. The van der Waals surface area contributed by atoms with Gasteiger partial charge in [0, 0.05) is 13.1 Å². The monoisotopic (exact) mass is 215 g/mol. The van der Waals surface area contributed by atoms with E-state index in [1.54, 1.807) is 0 Å². The minimum Gasteiger partial charge on any atom is -0.379 e. The summed E-state index contributed by atoms with van der Waals surface area (Å²) in [7, 11) is 0. The van der Waals surface area contributed by atoms with E-state index < -0.39 is 0 Å². The molecule has 0 spiro atoms. The fourth-order valence-electron chi connectivity index (χ4n) is 1.55. The summed E-state index contributed by atoms with van der Waals surface area (Å²) in [6.45, 7) is 1.74. The molecule has 1 rings (SSSR count). The van der Waals surface area contributed by atoms with Gasteiger partial charge in [-0.15, -0.1) is 0 Å². The van der Waals surface area contributed by atoms with Gasteiger partial charge < -0.3 is 10.6 Å². The molecule has 1 saturated heterocycles. The molecule has 0 saturated carbocycles. The zero-order valence-electron chi connectivity index (χ0n) is 8.29. The number of nitrogens with two attached hydrogens (primary N) is 1. The first-order valence-electron chi connectivity index (χ1n) is 4.95. The van der Waals surface area contributed by atoms with Crippen molar-refractivity contribution >= 4 is 22.8 Å². The van der Waals surface area contributed by atoms with Gasteiger partial charge in [-0.05, 0) is 12.8 Å². The zero-order chi connectivity index (χ0) is 10.4. The molecule has 5 heteroatoms. The van der Waals surface area contributed by atoms with Crippen LogP contribution in [0.1, 0.15) is 25.7 Å². The molecule has 1 aliphatic heterocycles. The summed E-state index contributed by atoms with van der Waals surface area (Å²) in [5.74, 6) is 0.433. The third-order valence-electron chi connectivity index (χ3n) is 2.31. The van der Waals surface area contributed by atoms with Gasteiger partial charge in [0.25, 0.3) is 0 Å². The van der Waals surface area contributed by atoms with E-state index in [2.05, 4.69) is 0 Å². The maximum atomic E-state index is 11.6. The summed E-state index contributed by atoms with van der Waals surface area (Å²) in [4.78, 5) is 13.5. The molecule has 1 aliphatic rings. The number of amides is 1. The molecule has 14 heavy (non-hydrogen) atoms. The molecule has 0 aromatic rings. The van der Waals surface area contributed by atoms with E-state index >= 15 is 0 Å². The molecule has 0 aromatic carbocycles. The van der Waals surface area contributed by atoms with Crippen LogP contribution in [0, 0.1) is 5.41 Å². The number of hydrogen-bond acceptors (Lipinski definition) is 3. The highest BCUT2D eigenvalue weighted by atomic mass is 32.2. The van der Waals surface area contributed by atoms with Crippen LogP contribution in [0.4, 0.5) is 0 Å². The summed E-state index contributed by atoms with van der Waals surface area (Å²) in [6.07, 6.45) is 4.67. The van der Waals surface area contributed by atoms with Crippen molar-refractivity contribution in [2.24, 2.45) is 5.73 Å². The first-order chi connectivity index (χ1) is 6.70. The van der Waals surface area contributed by atoms with Crippen LogP contribution in [0.25, 0.3) is 0 Å². The third kappa shape index (κ3) is 4.00. The number of thioether (sulfide) groups is 1. The molecule has 1 heterocycles. The number of hydrogen-bond donors (Lipinski definition) is 2. The molecule has 1 amide bonds. The van der Waals surface area contributed by atoms with E-state index in [4.69, 9.17) is 11.1 Å². The lowest BCUT2D eigenvalue weighted by molar-refractivity contribution is -0.128. The predicted octanol–water partition coefficient (Wildman–Crippen LogP) is 1.02. The SMILES string of the molecule is N=C(N)SCC(=O)N1CCCCCC1. The number of nitrogens with zero attached hydrogens (tertiary/aromatic N) is 1. The Bertz CT molecular complexity index is 212. The molecule has 80 valence electrons. The van der Waals surface area contributed by atoms with Crippen LogP contribution in [0.5, 0.6) is 0 Å². The second-order valence-electron chi connectivity index (χ2n) is 3.45. The van der Waals surface area contributed by atoms with Crippen LogP contribution < -0.4 is 5.73 Å². The highest BCUT2D eigenvalue weighted by Gasteiger charge is 2.15. The molecule has 0 radical (unpaired) electrons. The second-order valence-corrected chi connectivity index (χ2v) is 4.47. The van der Waals surface area contributed by atoms with E-state index in [-0.39, 0.29) is 11.1 Å². The molecule has 0 bridgehead atoms. The van der Waals surface area contributed by atoms with Crippen LogP contribution >= 0.6 is 11.8 Å². The standard InChI is InChI=1S/C9H17N3OS/c10-9(11)14-7-8(13)12-5-3-1-2-4-6-12/h1-7H2,(H3,10,11). The molecular weight excluding hydrogens is 198 g/mol. The van der Waals surface area contributed by atoms with Gasteiger partial charge in [-0.25, -0.2) is 0 Å². The van der Waals surface area contributed by atoms with E-state index in [9.17, 15) is 4.79 Å². The summed E-state index contributed by atoms with van der Waals surface area (Å²) in [6, 6.07) is 0. The van der Waals surface area contributed by atoms with Crippen LogP contribution in [-0.2, 0) is 4.79 Å². The van der Waals surface area contributed by atoms with Gasteiger partial charge in [0.15, 0.2) is 5.17 Å². The van der Waals surface area contributed by atoms with Crippen molar-refractivity contribution in [1.82, 2.24) is 4.90 Å². The number of nitrogens with one attached hydrogen (secondary N) is 1. The van der Waals surface area contributed by atoms with Gasteiger partial charge in [0.1, 0.15) is 0 Å². The maximum Gasteiger partial charge on any atom is 0.233 e. The number of amidine groups is 1. The lowest BCUT2D eigenvalue weighted by Gasteiger charge is -2.19. The third-order valence-corrected chi connectivity index (χ3v) is 3.01. The average Bonchev–Trinajstić information content (AvgIpc) is 2.42. The van der Waals surface area contributed by atoms with Gasteiger partial charge in [0.05, 0.1) is 5.75 Å². The normalized spacial score (nSPS) is 17.6. The van der Waals surface area contributed by atoms with Gasteiger partial charge >= 0.3 is 0 Å². The van der Waals surface area contributed by atoms with Crippen molar-refractivity contribution in [3.63, 3.8) is 0 Å². The minimum absolute atomic E-state index is 0.0215. The number of rotatable bonds is 2. The Morgan fingerprint density at radius 3 is 2.36 bits per heavy atom. The van der Waals surface area contributed by atoms with Crippen molar-refractivity contribution in [2.75, 3.05) is 18.8 Å². The fourth-order valence-corrected chi connectivity index (χ4v) is 2.01. The van der Waals surface area contributed by atoms with E-state index in [0.717, 1.165) is 37.7 Å². The van der Waals surface area contributed by atoms with E-state index in [1.807, 2.05) is 4.90 Å². The van der Waals surface area contributed by atoms with Crippen LogP contribution in [-0.4, -0.2) is 34.8 Å². The summed E-state index contributed by atoms with van der Waals surface area (Å²) >= 11 is 1.11. The molecule has 0 unspecified atom stereocenters. The second kappa shape index (κ2) is 5.90.